The van der Waals surface area contributed by atoms with Crippen molar-refractivity contribution in [1.82, 2.24) is 4.40 Å². The summed E-state index contributed by atoms with van der Waals surface area (Å²) in [6.45, 7) is 0.927. The molecule has 72 valence electrons. The first-order valence-electron chi connectivity index (χ1n) is 4.51. The summed E-state index contributed by atoms with van der Waals surface area (Å²) in [7, 11) is 0. The summed E-state index contributed by atoms with van der Waals surface area (Å²) in [5.74, 6) is 0. The molecule has 0 saturated heterocycles. The molecule has 0 fully saturated rings. The number of ether oxygens (including phenoxy) is 1. The molecule has 0 aromatic carbocycles. The molecular formula is C11H11NO2. The van der Waals surface area contributed by atoms with Crippen LogP contribution in [0.15, 0.2) is 36.7 Å². The minimum Gasteiger partial charge on any atom is -0.468 e. The van der Waals surface area contributed by atoms with Crippen LogP contribution < -0.4 is 0 Å². The van der Waals surface area contributed by atoms with Crippen LogP contribution in [-0.2, 0) is 16.0 Å². The number of rotatable bonds is 4. The normalized spacial score (nSPS) is 10.3. The van der Waals surface area contributed by atoms with Gasteiger partial charge in [0.25, 0.3) is 6.47 Å². The van der Waals surface area contributed by atoms with E-state index in [0.29, 0.717) is 13.1 Å². The molecule has 0 aliphatic rings. The summed E-state index contributed by atoms with van der Waals surface area (Å²) in [5.41, 5.74) is 2.34. The Morgan fingerprint density at radius 1 is 1.36 bits per heavy atom. The second-order valence-electron chi connectivity index (χ2n) is 3.09. The van der Waals surface area contributed by atoms with Crippen molar-refractivity contribution in [3.63, 3.8) is 0 Å². The molecule has 0 amide bonds. The van der Waals surface area contributed by atoms with Gasteiger partial charge in [0.1, 0.15) is 0 Å². The highest BCUT2D eigenvalue weighted by atomic mass is 16.5. The minimum absolute atomic E-state index is 0.445. The third-order valence-electron chi connectivity index (χ3n) is 2.17. The first-order chi connectivity index (χ1) is 6.90. The fourth-order valence-electron chi connectivity index (χ4n) is 1.46. The molecule has 0 spiro atoms. The topological polar surface area (TPSA) is 30.7 Å². The maximum absolute atomic E-state index is 9.94. The molecule has 0 N–H and O–H groups in total. The highest BCUT2D eigenvalue weighted by molar-refractivity contribution is 5.49. The van der Waals surface area contributed by atoms with Gasteiger partial charge in [-0.3, -0.25) is 4.79 Å². The van der Waals surface area contributed by atoms with Crippen LogP contribution in [0.1, 0.15) is 5.56 Å². The van der Waals surface area contributed by atoms with Crippen LogP contribution in [0.2, 0.25) is 0 Å². The SMILES string of the molecule is O=COCCc1ccn2cccc2c1. The first-order valence-corrected chi connectivity index (χ1v) is 4.51. The number of carbonyl (C=O) groups is 1. The largest absolute Gasteiger partial charge is 0.468 e. The van der Waals surface area contributed by atoms with Crippen molar-refractivity contribution in [1.29, 1.82) is 0 Å². The third kappa shape index (κ3) is 1.76. The Morgan fingerprint density at radius 2 is 2.29 bits per heavy atom. The molecule has 0 aliphatic heterocycles. The van der Waals surface area contributed by atoms with E-state index in [9.17, 15) is 4.79 Å². The number of hydrogen-bond donors (Lipinski definition) is 0. The lowest BCUT2D eigenvalue weighted by molar-refractivity contribution is -0.128. The number of hydrogen-bond acceptors (Lipinski definition) is 2. The van der Waals surface area contributed by atoms with Crippen molar-refractivity contribution in [2.75, 3.05) is 6.61 Å². The predicted octanol–water partition coefficient (Wildman–Crippen LogP) is 1.65. The van der Waals surface area contributed by atoms with E-state index in [1.807, 2.05) is 35.0 Å². The van der Waals surface area contributed by atoms with Gasteiger partial charge < -0.3 is 9.14 Å². The highest BCUT2D eigenvalue weighted by Gasteiger charge is 1.95. The molecule has 2 rings (SSSR count). The number of nitrogens with zero attached hydrogens (tertiary/aromatic N) is 1. The van der Waals surface area contributed by atoms with E-state index in [-0.39, 0.29) is 0 Å². The average Bonchev–Trinajstić information content (AvgIpc) is 2.65. The van der Waals surface area contributed by atoms with E-state index in [1.54, 1.807) is 0 Å². The minimum atomic E-state index is 0.445. The van der Waals surface area contributed by atoms with Crippen LogP contribution in [0.3, 0.4) is 0 Å². The van der Waals surface area contributed by atoms with Gasteiger partial charge in [-0.2, -0.15) is 0 Å². The van der Waals surface area contributed by atoms with E-state index in [0.717, 1.165) is 11.9 Å². The van der Waals surface area contributed by atoms with Gasteiger partial charge in [0.15, 0.2) is 0 Å². The van der Waals surface area contributed by atoms with Crippen molar-refractivity contribution in [3.05, 3.63) is 42.2 Å². The molecule has 0 bridgehead atoms. The van der Waals surface area contributed by atoms with E-state index in [1.165, 1.54) is 5.56 Å². The molecule has 0 aliphatic carbocycles. The van der Waals surface area contributed by atoms with Gasteiger partial charge in [0.2, 0.25) is 0 Å². The van der Waals surface area contributed by atoms with Crippen molar-refractivity contribution in [2.24, 2.45) is 0 Å². The lowest BCUT2D eigenvalue weighted by atomic mass is 10.2. The van der Waals surface area contributed by atoms with Gasteiger partial charge in [-0.25, -0.2) is 0 Å². The Kier molecular flexibility index (Phi) is 2.49. The highest BCUT2D eigenvalue weighted by Crippen LogP contribution is 2.08. The number of pyridine rings is 1. The fraction of sp³-hybridized carbons (Fsp3) is 0.182. The lowest BCUT2D eigenvalue weighted by Gasteiger charge is -2.01. The molecule has 3 heteroatoms. The predicted molar refractivity (Wildman–Crippen MR) is 53.1 cm³/mol. The van der Waals surface area contributed by atoms with Crippen molar-refractivity contribution in [2.45, 2.75) is 6.42 Å². The van der Waals surface area contributed by atoms with E-state index in [2.05, 4.69) is 10.8 Å². The molecule has 2 aromatic heterocycles. The summed E-state index contributed by atoms with van der Waals surface area (Å²) >= 11 is 0. The van der Waals surface area contributed by atoms with Gasteiger partial charge in [-0.1, -0.05) is 0 Å². The molecule has 2 aromatic rings. The Morgan fingerprint density at radius 3 is 3.14 bits per heavy atom. The number of aromatic nitrogens is 1. The van der Waals surface area contributed by atoms with E-state index >= 15 is 0 Å². The zero-order valence-electron chi connectivity index (χ0n) is 7.72. The van der Waals surface area contributed by atoms with Crippen molar-refractivity contribution < 1.29 is 9.53 Å². The molecule has 14 heavy (non-hydrogen) atoms. The van der Waals surface area contributed by atoms with Gasteiger partial charge in [0, 0.05) is 24.3 Å². The Bertz CT molecular complexity index is 434. The van der Waals surface area contributed by atoms with Crippen LogP contribution in [0.5, 0.6) is 0 Å². The zero-order chi connectivity index (χ0) is 9.80. The maximum Gasteiger partial charge on any atom is 0.293 e. The summed E-state index contributed by atoms with van der Waals surface area (Å²) in [4.78, 5) is 9.94. The molecule has 3 nitrogen and oxygen atoms in total. The van der Waals surface area contributed by atoms with Gasteiger partial charge in [0.05, 0.1) is 6.61 Å². The van der Waals surface area contributed by atoms with Crippen molar-refractivity contribution in [3.8, 4) is 0 Å². The van der Waals surface area contributed by atoms with Gasteiger partial charge in [-0.15, -0.1) is 0 Å². The van der Waals surface area contributed by atoms with Crippen LogP contribution in [0.25, 0.3) is 5.52 Å². The standard InChI is InChI=1S/C11H11NO2/c13-9-14-7-4-10-3-6-12-5-1-2-11(12)8-10/h1-3,5-6,8-9H,4,7H2. The smallest absolute Gasteiger partial charge is 0.293 e. The quantitative estimate of drug-likeness (QED) is 0.541. The molecule has 0 radical (unpaired) electrons. The summed E-state index contributed by atoms with van der Waals surface area (Å²) < 4.78 is 6.69. The fourth-order valence-corrected chi connectivity index (χ4v) is 1.46. The van der Waals surface area contributed by atoms with Crippen molar-refractivity contribution >= 4 is 12.0 Å². The molecule has 0 unspecified atom stereocenters. The van der Waals surface area contributed by atoms with Crippen LogP contribution in [0.4, 0.5) is 0 Å². The first kappa shape index (κ1) is 8.81. The van der Waals surface area contributed by atoms with E-state index in [4.69, 9.17) is 0 Å². The maximum atomic E-state index is 9.94. The summed E-state index contributed by atoms with van der Waals surface area (Å²) in [6.07, 6.45) is 4.77. The zero-order valence-corrected chi connectivity index (χ0v) is 7.72. The molecule has 2 heterocycles. The second-order valence-corrected chi connectivity index (χ2v) is 3.09. The van der Waals surface area contributed by atoms with Gasteiger partial charge >= 0.3 is 0 Å². The summed E-state index contributed by atoms with van der Waals surface area (Å²) in [5, 5.41) is 0. The number of fused-ring (bicyclic) bond motifs is 1. The van der Waals surface area contributed by atoms with Crippen LogP contribution in [-0.4, -0.2) is 17.5 Å². The Labute approximate surface area is 81.9 Å². The van der Waals surface area contributed by atoms with E-state index < -0.39 is 0 Å². The lowest BCUT2D eigenvalue weighted by Crippen LogP contribution is -1.97. The van der Waals surface area contributed by atoms with Gasteiger partial charge in [-0.05, 0) is 29.8 Å². The number of carbonyl (C=O) groups excluding carboxylic acids is 1. The Balaban J connectivity index is 2.13. The summed E-state index contributed by atoms with van der Waals surface area (Å²) in [6, 6.07) is 8.17. The molecular weight excluding hydrogens is 178 g/mol. The third-order valence-corrected chi connectivity index (χ3v) is 2.17. The molecule has 0 atom stereocenters. The second kappa shape index (κ2) is 3.96. The van der Waals surface area contributed by atoms with Crippen LogP contribution in [0, 0.1) is 0 Å². The van der Waals surface area contributed by atoms with Crippen LogP contribution >= 0.6 is 0 Å². The average molecular weight is 189 g/mol. The molecule has 0 saturated carbocycles. The Hall–Kier alpha value is -1.77. The monoisotopic (exact) mass is 189 g/mol.